The first kappa shape index (κ1) is 19.3. The number of halogens is 1. The molecular formula is C19H19FN4OS2. The minimum absolute atomic E-state index is 0.198. The molecule has 1 atom stereocenters. The minimum Gasteiger partial charge on any atom is -0.360 e. The van der Waals surface area contributed by atoms with Crippen LogP contribution in [0.5, 0.6) is 0 Å². The van der Waals surface area contributed by atoms with Crippen LogP contribution in [-0.2, 0) is 4.79 Å². The van der Waals surface area contributed by atoms with Gasteiger partial charge in [0.05, 0.1) is 0 Å². The van der Waals surface area contributed by atoms with Gasteiger partial charge in [0.1, 0.15) is 11.1 Å². The van der Waals surface area contributed by atoms with Crippen molar-refractivity contribution in [3.8, 4) is 0 Å². The maximum absolute atomic E-state index is 13.1. The number of hydrogen-bond donors (Lipinski definition) is 2. The van der Waals surface area contributed by atoms with Gasteiger partial charge in [0, 0.05) is 12.2 Å². The summed E-state index contributed by atoms with van der Waals surface area (Å²) in [5.74, 6) is -0.543. The zero-order valence-corrected chi connectivity index (χ0v) is 16.3. The molecule has 2 N–H and O–H groups in total. The molecule has 5 nitrogen and oxygen atoms in total. The number of aromatic nitrogens is 2. The van der Waals surface area contributed by atoms with Crippen molar-refractivity contribution in [3.05, 3.63) is 66.0 Å². The average molecular weight is 403 g/mol. The fraction of sp³-hybridized carbons (Fsp3) is 0.211. The largest absolute Gasteiger partial charge is 0.360 e. The van der Waals surface area contributed by atoms with Gasteiger partial charge < -0.3 is 10.6 Å². The number of nitrogens with zero attached hydrogens (tertiary/aromatic N) is 2. The molecule has 3 aromatic rings. The second-order valence-corrected chi connectivity index (χ2v) is 8.03. The van der Waals surface area contributed by atoms with E-state index < -0.39 is 5.25 Å². The number of carbonyl (C=O) groups excluding carboxylic acids is 1. The van der Waals surface area contributed by atoms with Crippen molar-refractivity contribution >= 4 is 39.8 Å². The van der Waals surface area contributed by atoms with Crippen LogP contribution in [0.15, 0.2) is 58.9 Å². The highest BCUT2D eigenvalue weighted by molar-refractivity contribution is 8.02. The van der Waals surface area contributed by atoms with Gasteiger partial charge in [-0.15, -0.1) is 10.2 Å². The van der Waals surface area contributed by atoms with Crippen LogP contribution in [0.2, 0.25) is 0 Å². The Morgan fingerprint density at radius 1 is 1.15 bits per heavy atom. The van der Waals surface area contributed by atoms with Crippen molar-refractivity contribution < 1.29 is 9.18 Å². The third-order valence-electron chi connectivity index (χ3n) is 3.60. The van der Waals surface area contributed by atoms with Crippen LogP contribution in [0.4, 0.5) is 15.2 Å². The second-order valence-electron chi connectivity index (χ2n) is 5.70. The third-order valence-corrected chi connectivity index (χ3v) is 5.82. The topological polar surface area (TPSA) is 66.9 Å². The molecule has 27 heavy (non-hydrogen) atoms. The van der Waals surface area contributed by atoms with E-state index in [1.807, 2.05) is 30.3 Å². The molecule has 0 aliphatic carbocycles. The molecule has 140 valence electrons. The summed E-state index contributed by atoms with van der Waals surface area (Å²) in [4.78, 5) is 12.9. The quantitative estimate of drug-likeness (QED) is 0.521. The minimum atomic E-state index is -0.497. The summed E-state index contributed by atoms with van der Waals surface area (Å²) in [5, 5.41) is 14.6. The van der Waals surface area contributed by atoms with Gasteiger partial charge in [-0.05, 0) is 36.2 Å². The molecule has 1 amide bonds. The van der Waals surface area contributed by atoms with E-state index in [1.165, 1.54) is 47.4 Å². The standard InChI is InChI=1S/C19H19FN4OS2/c1-2-12-21-18-23-24-19(27-18)26-16(13-6-4-3-5-7-13)17(25)22-15-10-8-14(20)9-11-15/h3-11,16H,2,12H2,1H3,(H,21,23)(H,22,25)/t16-/m1/s1. The van der Waals surface area contributed by atoms with Crippen LogP contribution in [0, 0.1) is 5.82 Å². The molecule has 0 aliphatic heterocycles. The van der Waals surface area contributed by atoms with E-state index in [0.717, 1.165) is 23.7 Å². The predicted octanol–water partition coefficient (Wildman–Crippen LogP) is 4.97. The smallest absolute Gasteiger partial charge is 0.242 e. The molecule has 0 unspecified atom stereocenters. The highest BCUT2D eigenvalue weighted by atomic mass is 32.2. The molecule has 0 fully saturated rings. The molecule has 1 aromatic heterocycles. The van der Waals surface area contributed by atoms with Crippen molar-refractivity contribution in [3.63, 3.8) is 0 Å². The lowest BCUT2D eigenvalue weighted by molar-refractivity contribution is -0.115. The van der Waals surface area contributed by atoms with Gasteiger partial charge in [0.25, 0.3) is 0 Å². The van der Waals surface area contributed by atoms with E-state index in [0.29, 0.717) is 10.0 Å². The molecule has 0 radical (unpaired) electrons. The zero-order valence-electron chi connectivity index (χ0n) is 14.7. The Balaban J connectivity index is 1.77. The van der Waals surface area contributed by atoms with Crippen molar-refractivity contribution in [1.82, 2.24) is 10.2 Å². The van der Waals surface area contributed by atoms with E-state index >= 15 is 0 Å². The molecule has 1 heterocycles. The van der Waals surface area contributed by atoms with Gasteiger partial charge in [0.15, 0.2) is 4.34 Å². The fourth-order valence-corrected chi connectivity index (χ4v) is 4.27. The normalized spacial score (nSPS) is 11.8. The van der Waals surface area contributed by atoms with Crippen LogP contribution in [0.1, 0.15) is 24.2 Å². The molecule has 0 spiro atoms. The Hall–Kier alpha value is -2.45. The van der Waals surface area contributed by atoms with Crippen LogP contribution in [0.3, 0.4) is 0 Å². The number of thioether (sulfide) groups is 1. The molecular weight excluding hydrogens is 383 g/mol. The average Bonchev–Trinajstić information content (AvgIpc) is 3.14. The Kier molecular flexibility index (Phi) is 6.78. The first-order valence-corrected chi connectivity index (χ1v) is 10.2. The molecule has 0 aliphatic rings. The molecule has 8 heteroatoms. The molecule has 0 bridgehead atoms. The lowest BCUT2D eigenvalue weighted by Gasteiger charge is -2.15. The van der Waals surface area contributed by atoms with Crippen molar-refractivity contribution in [2.75, 3.05) is 17.2 Å². The van der Waals surface area contributed by atoms with Gasteiger partial charge >= 0.3 is 0 Å². The van der Waals surface area contributed by atoms with E-state index in [2.05, 4.69) is 27.8 Å². The van der Waals surface area contributed by atoms with Crippen LogP contribution < -0.4 is 10.6 Å². The van der Waals surface area contributed by atoms with E-state index in [9.17, 15) is 9.18 Å². The molecule has 0 saturated heterocycles. The Bertz CT molecular complexity index is 871. The SMILES string of the molecule is CCCNc1nnc(S[C@@H](C(=O)Nc2ccc(F)cc2)c2ccccc2)s1. The summed E-state index contributed by atoms with van der Waals surface area (Å²) >= 11 is 2.77. The van der Waals surface area contributed by atoms with Gasteiger partial charge in [0.2, 0.25) is 11.0 Å². The van der Waals surface area contributed by atoms with E-state index in [1.54, 1.807) is 0 Å². The number of hydrogen-bond acceptors (Lipinski definition) is 6. The van der Waals surface area contributed by atoms with Crippen LogP contribution in [0.25, 0.3) is 0 Å². The maximum Gasteiger partial charge on any atom is 0.242 e. The molecule has 3 rings (SSSR count). The highest BCUT2D eigenvalue weighted by Crippen LogP contribution is 2.38. The summed E-state index contributed by atoms with van der Waals surface area (Å²) in [6.07, 6.45) is 0.995. The summed E-state index contributed by atoms with van der Waals surface area (Å²) in [7, 11) is 0. The third kappa shape index (κ3) is 5.51. The van der Waals surface area contributed by atoms with Crippen molar-refractivity contribution in [2.45, 2.75) is 22.9 Å². The lowest BCUT2D eigenvalue weighted by atomic mass is 10.1. The number of rotatable bonds is 8. The molecule has 2 aromatic carbocycles. The lowest BCUT2D eigenvalue weighted by Crippen LogP contribution is -2.19. The number of benzene rings is 2. The summed E-state index contributed by atoms with van der Waals surface area (Å²) in [6, 6.07) is 15.2. The van der Waals surface area contributed by atoms with Gasteiger partial charge in [-0.2, -0.15) is 0 Å². The zero-order chi connectivity index (χ0) is 19.1. The van der Waals surface area contributed by atoms with Crippen molar-refractivity contribution in [1.29, 1.82) is 0 Å². The van der Waals surface area contributed by atoms with E-state index in [-0.39, 0.29) is 11.7 Å². The fourth-order valence-electron chi connectivity index (χ4n) is 2.30. The predicted molar refractivity (Wildman–Crippen MR) is 109 cm³/mol. The summed E-state index contributed by atoms with van der Waals surface area (Å²) in [5.41, 5.74) is 1.41. The van der Waals surface area contributed by atoms with Gasteiger partial charge in [-0.1, -0.05) is 60.4 Å². The number of carbonyl (C=O) groups is 1. The Morgan fingerprint density at radius 3 is 2.59 bits per heavy atom. The van der Waals surface area contributed by atoms with E-state index in [4.69, 9.17) is 0 Å². The van der Waals surface area contributed by atoms with Gasteiger partial charge in [-0.3, -0.25) is 4.79 Å². The first-order valence-electron chi connectivity index (χ1n) is 8.51. The first-order chi connectivity index (χ1) is 13.2. The Labute approximate surface area is 165 Å². The summed E-state index contributed by atoms with van der Waals surface area (Å²) < 4.78 is 13.8. The monoisotopic (exact) mass is 402 g/mol. The summed E-state index contributed by atoms with van der Waals surface area (Å²) in [6.45, 7) is 2.90. The van der Waals surface area contributed by atoms with Crippen molar-refractivity contribution in [2.24, 2.45) is 0 Å². The second kappa shape index (κ2) is 9.48. The highest BCUT2D eigenvalue weighted by Gasteiger charge is 2.24. The van der Waals surface area contributed by atoms with Crippen LogP contribution >= 0.6 is 23.1 Å². The van der Waals surface area contributed by atoms with Crippen LogP contribution in [-0.4, -0.2) is 22.6 Å². The number of nitrogens with one attached hydrogen (secondary N) is 2. The number of amides is 1. The number of anilines is 2. The molecule has 0 saturated carbocycles. The van der Waals surface area contributed by atoms with Gasteiger partial charge in [-0.25, -0.2) is 4.39 Å². The maximum atomic E-state index is 13.1. The Morgan fingerprint density at radius 2 is 1.89 bits per heavy atom.